The SMILES string of the molecule is CCCCc1ccc(-c2cc(-c3ccccc3)cc(-c3ccc(-c4ccccc4)cc3)c2)cc1. The summed E-state index contributed by atoms with van der Waals surface area (Å²) in [4.78, 5) is 0. The molecule has 0 N–H and O–H groups in total. The van der Waals surface area contributed by atoms with Crippen LogP contribution in [-0.4, -0.2) is 0 Å². The molecule has 0 aliphatic rings. The Hall–Kier alpha value is -3.90. The van der Waals surface area contributed by atoms with Gasteiger partial charge in [0.25, 0.3) is 0 Å². The molecule has 0 spiro atoms. The summed E-state index contributed by atoms with van der Waals surface area (Å²) in [6.45, 7) is 2.25. The van der Waals surface area contributed by atoms with Crippen molar-refractivity contribution in [2.45, 2.75) is 26.2 Å². The molecule has 0 saturated heterocycles. The fourth-order valence-electron chi connectivity index (χ4n) is 4.49. The summed E-state index contributed by atoms with van der Waals surface area (Å²) in [5, 5.41) is 0. The van der Waals surface area contributed by atoms with Crippen LogP contribution in [0, 0.1) is 0 Å². The molecule has 0 amide bonds. The molecule has 166 valence electrons. The van der Waals surface area contributed by atoms with Gasteiger partial charge in [0.1, 0.15) is 0 Å². The molecule has 0 radical (unpaired) electrons. The van der Waals surface area contributed by atoms with Crippen molar-refractivity contribution in [3.63, 3.8) is 0 Å². The second-order valence-electron chi connectivity index (χ2n) is 8.91. The monoisotopic (exact) mass is 438 g/mol. The molecule has 5 aromatic rings. The van der Waals surface area contributed by atoms with Crippen molar-refractivity contribution in [3.05, 3.63) is 133 Å². The van der Waals surface area contributed by atoms with Gasteiger partial charge in [0.05, 0.1) is 0 Å². The largest absolute Gasteiger partial charge is 0.0654 e. The summed E-state index contributed by atoms with van der Waals surface area (Å²) in [5.74, 6) is 0. The summed E-state index contributed by atoms with van der Waals surface area (Å²) in [6.07, 6.45) is 3.62. The lowest BCUT2D eigenvalue weighted by atomic mass is 9.92. The van der Waals surface area contributed by atoms with Gasteiger partial charge in [-0.15, -0.1) is 0 Å². The number of aryl methyl sites for hydroxylation is 1. The number of rotatable bonds is 7. The van der Waals surface area contributed by atoms with Gasteiger partial charge in [-0.1, -0.05) is 123 Å². The molecule has 5 aromatic carbocycles. The normalized spacial score (nSPS) is 10.9. The van der Waals surface area contributed by atoms with E-state index in [2.05, 4.69) is 134 Å². The molecule has 0 heteroatoms. The van der Waals surface area contributed by atoms with E-state index in [1.54, 1.807) is 0 Å². The van der Waals surface area contributed by atoms with Crippen molar-refractivity contribution >= 4 is 0 Å². The Kier molecular flexibility index (Phi) is 6.68. The van der Waals surface area contributed by atoms with E-state index < -0.39 is 0 Å². The maximum absolute atomic E-state index is 2.32. The van der Waals surface area contributed by atoms with Crippen LogP contribution in [0.25, 0.3) is 44.5 Å². The van der Waals surface area contributed by atoms with Gasteiger partial charge >= 0.3 is 0 Å². The van der Waals surface area contributed by atoms with E-state index in [0.29, 0.717) is 0 Å². The van der Waals surface area contributed by atoms with Crippen molar-refractivity contribution in [1.29, 1.82) is 0 Å². The van der Waals surface area contributed by atoms with Crippen LogP contribution in [0.15, 0.2) is 127 Å². The molecule has 0 bridgehead atoms. The number of hydrogen-bond acceptors (Lipinski definition) is 0. The van der Waals surface area contributed by atoms with E-state index in [9.17, 15) is 0 Å². The molecular formula is C34H30. The van der Waals surface area contributed by atoms with Crippen molar-refractivity contribution in [2.75, 3.05) is 0 Å². The van der Waals surface area contributed by atoms with E-state index >= 15 is 0 Å². The van der Waals surface area contributed by atoms with Gasteiger partial charge < -0.3 is 0 Å². The molecule has 0 aliphatic heterocycles. The average molecular weight is 439 g/mol. The van der Waals surface area contributed by atoms with E-state index in [1.807, 2.05) is 0 Å². The second-order valence-corrected chi connectivity index (χ2v) is 8.91. The van der Waals surface area contributed by atoms with Crippen LogP contribution in [0.1, 0.15) is 25.3 Å². The molecule has 0 saturated carbocycles. The van der Waals surface area contributed by atoms with Crippen LogP contribution in [0.5, 0.6) is 0 Å². The van der Waals surface area contributed by atoms with Crippen LogP contribution >= 0.6 is 0 Å². The summed E-state index contributed by atoms with van der Waals surface area (Å²) in [7, 11) is 0. The van der Waals surface area contributed by atoms with Crippen molar-refractivity contribution in [3.8, 4) is 44.5 Å². The van der Waals surface area contributed by atoms with Crippen LogP contribution in [-0.2, 0) is 6.42 Å². The molecule has 0 fully saturated rings. The van der Waals surface area contributed by atoms with Gasteiger partial charge in [0, 0.05) is 0 Å². The summed E-state index contributed by atoms with van der Waals surface area (Å²) in [5.41, 5.74) is 11.4. The minimum Gasteiger partial charge on any atom is -0.0654 e. The number of benzene rings is 5. The first-order valence-corrected chi connectivity index (χ1v) is 12.3. The zero-order valence-electron chi connectivity index (χ0n) is 19.7. The van der Waals surface area contributed by atoms with Gasteiger partial charge in [-0.3, -0.25) is 0 Å². The van der Waals surface area contributed by atoms with Crippen molar-refractivity contribution in [2.24, 2.45) is 0 Å². The molecular weight excluding hydrogens is 408 g/mol. The first-order chi connectivity index (χ1) is 16.8. The lowest BCUT2D eigenvalue weighted by Gasteiger charge is -2.12. The highest BCUT2D eigenvalue weighted by molar-refractivity contribution is 5.82. The second kappa shape index (κ2) is 10.4. The van der Waals surface area contributed by atoms with Crippen LogP contribution < -0.4 is 0 Å². The van der Waals surface area contributed by atoms with E-state index in [1.165, 1.54) is 62.9 Å². The zero-order chi connectivity index (χ0) is 23.2. The first kappa shape index (κ1) is 21.9. The maximum Gasteiger partial charge on any atom is -0.0172 e. The Labute approximate surface area is 203 Å². The van der Waals surface area contributed by atoms with Gasteiger partial charge in [-0.05, 0) is 81.1 Å². The number of hydrogen-bond donors (Lipinski definition) is 0. The first-order valence-electron chi connectivity index (χ1n) is 12.3. The molecule has 0 atom stereocenters. The third-order valence-electron chi connectivity index (χ3n) is 6.47. The Bertz CT molecular complexity index is 1330. The number of unbranched alkanes of at least 4 members (excludes halogenated alkanes) is 1. The fraction of sp³-hybridized carbons (Fsp3) is 0.118. The highest BCUT2D eigenvalue weighted by Gasteiger charge is 2.08. The quantitative estimate of drug-likeness (QED) is 0.237. The third kappa shape index (κ3) is 5.02. The van der Waals surface area contributed by atoms with E-state index in [4.69, 9.17) is 0 Å². The van der Waals surface area contributed by atoms with Crippen molar-refractivity contribution in [1.82, 2.24) is 0 Å². The summed E-state index contributed by atoms with van der Waals surface area (Å²) < 4.78 is 0. The van der Waals surface area contributed by atoms with Crippen LogP contribution in [0.2, 0.25) is 0 Å². The van der Waals surface area contributed by atoms with E-state index in [-0.39, 0.29) is 0 Å². The Morgan fingerprint density at radius 1 is 0.382 bits per heavy atom. The smallest absolute Gasteiger partial charge is 0.0172 e. The molecule has 5 rings (SSSR count). The predicted octanol–water partition coefficient (Wildman–Crippen LogP) is 9.70. The lowest BCUT2D eigenvalue weighted by molar-refractivity contribution is 0.795. The van der Waals surface area contributed by atoms with Gasteiger partial charge in [0.15, 0.2) is 0 Å². The fourth-order valence-corrected chi connectivity index (χ4v) is 4.49. The van der Waals surface area contributed by atoms with Gasteiger partial charge in [-0.25, -0.2) is 0 Å². The predicted molar refractivity (Wildman–Crippen MR) is 147 cm³/mol. The third-order valence-corrected chi connectivity index (χ3v) is 6.47. The molecule has 34 heavy (non-hydrogen) atoms. The minimum absolute atomic E-state index is 1.15. The molecule has 0 heterocycles. The molecule has 0 aliphatic carbocycles. The Morgan fingerprint density at radius 2 is 0.735 bits per heavy atom. The van der Waals surface area contributed by atoms with Crippen molar-refractivity contribution < 1.29 is 0 Å². The Morgan fingerprint density at radius 3 is 1.18 bits per heavy atom. The standard InChI is InChI=1S/C34H30/c1-2-3-10-26-15-17-30(18-16-26)33-23-32(28-13-8-5-9-14-28)24-34(25-33)31-21-19-29(20-22-31)27-11-6-4-7-12-27/h4-9,11-25H,2-3,10H2,1H3. The molecule has 0 unspecified atom stereocenters. The van der Waals surface area contributed by atoms with Crippen LogP contribution in [0.4, 0.5) is 0 Å². The van der Waals surface area contributed by atoms with Crippen LogP contribution in [0.3, 0.4) is 0 Å². The summed E-state index contributed by atoms with van der Waals surface area (Å²) in [6, 6.07) is 46.2. The maximum atomic E-state index is 2.32. The topological polar surface area (TPSA) is 0 Å². The highest BCUT2D eigenvalue weighted by Crippen LogP contribution is 2.34. The lowest BCUT2D eigenvalue weighted by Crippen LogP contribution is -1.88. The van der Waals surface area contributed by atoms with Gasteiger partial charge in [-0.2, -0.15) is 0 Å². The average Bonchev–Trinajstić information content (AvgIpc) is 2.93. The molecule has 0 aromatic heterocycles. The zero-order valence-corrected chi connectivity index (χ0v) is 19.7. The minimum atomic E-state index is 1.15. The van der Waals surface area contributed by atoms with E-state index in [0.717, 1.165) is 6.42 Å². The summed E-state index contributed by atoms with van der Waals surface area (Å²) >= 11 is 0. The Balaban J connectivity index is 1.54. The van der Waals surface area contributed by atoms with Gasteiger partial charge in [0.2, 0.25) is 0 Å². The highest BCUT2D eigenvalue weighted by atomic mass is 14.1. The molecule has 0 nitrogen and oxygen atoms in total.